The molecule has 0 aliphatic carbocycles. The van der Waals surface area contributed by atoms with Crippen LogP contribution in [0.4, 0.5) is 10.8 Å². The fraction of sp³-hybridized carbons (Fsp3) is 0. The minimum atomic E-state index is 0. The first-order chi connectivity index (χ1) is 16.9. The predicted octanol–water partition coefficient (Wildman–Crippen LogP) is 2.56. The molecule has 172 valence electrons. The number of quaternary nitrogens is 1. The molecule has 0 saturated heterocycles. The monoisotopic (exact) mass is 539 g/mol. The van der Waals surface area contributed by atoms with Crippen LogP contribution in [-0.4, -0.2) is 10.8 Å². The highest BCUT2D eigenvalue weighted by Gasteiger charge is 2.34. The molecule has 1 aliphatic heterocycles. The number of thiazole rings is 1. The highest BCUT2D eigenvalue weighted by molar-refractivity contribution is 7.19. The molecule has 35 heavy (non-hydrogen) atoms. The van der Waals surface area contributed by atoms with Crippen LogP contribution in [0, 0.1) is 0 Å². The smallest absolute Gasteiger partial charge is 0.277 e. The molecule has 5 nitrogen and oxygen atoms in total. The fourth-order valence-corrected chi connectivity index (χ4v) is 5.00. The van der Waals surface area contributed by atoms with Crippen molar-refractivity contribution in [2.24, 2.45) is 5.10 Å². The van der Waals surface area contributed by atoms with Gasteiger partial charge in [-0.15, -0.1) is 5.12 Å². The first kappa shape index (κ1) is 23.0. The maximum Gasteiger partial charge on any atom is 0.277 e. The Kier molecular flexibility index (Phi) is 6.72. The van der Waals surface area contributed by atoms with Crippen LogP contribution in [0.15, 0.2) is 126 Å². The van der Waals surface area contributed by atoms with Crippen LogP contribution in [0.1, 0.15) is 5.56 Å². The summed E-state index contributed by atoms with van der Waals surface area (Å²) in [6.07, 6.45) is 0. The maximum atomic E-state index is 5.12. The van der Waals surface area contributed by atoms with Crippen molar-refractivity contribution >= 4 is 28.0 Å². The SMILES string of the molecule is [Br-].c1ccc(C2=NN(c3nc(-c4ccccc4)c(-c4ccccc4)s3)N(c3ccccc3)[NH2+]2)cc1. The summed E-state index contributed by atoms with van der Waals surface area (Å²) in [6, 6.07) is 41.3. The molecule has 5 aromatic rings. The third-order valence-electron chi connectivity index (χ3n) is 5.61. The number of nitrogens with zero attached hydrogens (tertiary/aromatic N) is 4. The number of hydrazone groups is 1. The minimum absolute atomic E-state index is 0. The number of para-hydroxylation sites is 1. The zero-order valence-electron chi connectivity index (χ0n) is 18.7. The van der Waals surface area contributed by atoms with E-state index in [1.165, 1.54) is 0 Å². The van der Waals surface area contributed by atoms with Gasteiger partial charge in [-0.25, -0.2) is 4.98 Å². The Morgan fingerprint density at radius 3 is 1.71 bits per heavy atom. The molecule has 7 heteroatoms. The van der Waals surface area contributed by atoms with Crippen LogP contribution in [0.25, 0.3) is 21.7 Å². The summed E-state index contributed by atoms with van der Waals surface area (Å²) in [5, 5.41) is 9.77. The molecule has 0 bridgehead atoms. The minimum Gasteiger partial charge on any atom is -1.00 e. The number of rotatable bonds is 5. The van der Waals surface area contributed by atoms with E-state index in [1.807, 2.05) is 53.6 Å². The summed E-state index contributed by atoms with van der Waals surface area (Å²) in [6.45, 7) is 0. The molecule has 0 saturated carbocycles. The van der Waals surface area contributed by atoms with Crippen LogP contribution in [0.3, 0.4) is 0 Å². The van der Waals surface area contributed by atoms with Crippen LogP contribution in [0.2, 0.25) is 0 Å². The van der Waals surface area contributed by atoms with E-state index in [4.69, 9.17) is 10.1 Å². The van der Waals surface area contributed by atoms with Gasteiger partial charge in [-0.1, -0.05) is 119 Å². The first-order valence-corrected chi connectivity index (χ1v) is 11.9. The van der Waals surface area contributed by atoms with Crippen LogP contribution >= 0.6 is 11.3 Å². The van der Waals surface area contributed by atoms with Crippen LogP contribution in [-0.2, 0) is 0 Å². The molecule has 0 fully saturated rings. The lowest BCUT2D eigenvalue weighted by atomic mass is 10.1. The molecule has 1 aromatic heterocycles. The van der Waals surface area contributed by atoms with E-state index in [9.17, 15) is 0 Å². The van der Waals surface area contributed by atoms with Crippen molar-refractivity contribution in [3.8, 4) is 21.7 Å². The van der Waals surface area contributed by atoms with Crippen molar-refractivity contribution in [2.75, 3.05) is 10.2 Å². The Labute approximate surface area is 218 Å². The van der Waals surface area contributed by atoms with Gasteiger partial charge >= 0.3 is 0 Å². The van der Waals surface area contributed by atoms with Crippen molar-refractivity contribution in [2.45, 2.75) is 0 Å². The van der Waals surface area contributed by atoms with Gasteiger partial charge in [0.05, 0.1) is 16.1 Å². The van der Waals surface area contributed by atoms with E-state index < -0.39 is 0 Å². The molecule has 0 amide bonds. The van der Waals surface area contributed by atoms with Crippen molar-refractivity contribution in [1.29, 1.82) is 0 Å². The average Bonchev–Trinajstić information content (AvgIpc) is 3.56. The Morgan fingerprint density at radius 1 is 0.600 bits per heavy atom. The van der Waals surface area contributed by atoms with Gasteiger partial charge in [-0.05, 0) is 29.8 Å². The van der Waals surface area contributed by atoms with Crippen LogP contribution < -0.4 is 32.6 Å². The highest BCUT2D eigenvalue weighted by atomic mass is 79.9. The number of aromatic nitrogens is 1. The maximum absolute atomic E-state index is 5.12. The van der Waals surface area contributed by atoms with Crippen LogP contribution in [0.5, 0.6) is 0 Å². The molecule has 2 heterocycles. The summed E-state index contributed by atoms with van der Waals surface area (Å²) < 4.78 is 0. The fourth-order valence-electron chi connectivity index (χ4n) is 3.96. The Bertz CT molecular complexity index is 1370. The molecule has 0 unspecified atom stereocenters. The quantitative estimate of drug-likeness (QED) is 0.349. The third kappa shape index (κ3) is 4.61. The number of hydrogen-bond donors (Lipinski definition) is 1. The van der Waals surface area contributed by atoms with Gasteiger partial charge < -0.3 is 17.0 Å². The Balaban J connectivity index is 0.00000253. The zero-order valence-corrected chi connectivity index (χ0v) is 21.1. The van der Waals surface area contributed by atoms with Gasteiger partial charge in [0.2, 0.25) is 5.13 Å². The van der Waals surface area contributed by atoms with Crippen molar-refractivity contribution in [1.82, 2.24) is 4.98 Å². The number of halogens is 1. The number of hydrogen-bond acceptors (Lipinski definition) is 5. The molecule has 1 aliphatic rings. The number of benzene rings is 4. The number of amidine groups is 1. The summed E-state index contributed by atoms with van der Waals surface area (Å²) in [7, 11) is 0. The second-order valence-electron chi connectivity index (χ2n) is 7.86. The molecular formula is C28H22BrN5S. The van der Waals surface area contributed by atoms with E-state index in [2.05, 4.69) is 83.3 Å². The lowest BCUT2D eigenvalue weighted by Crippen LogP contribution is -3.00. The Morgan fingerprint density at radius 2 is 1.11 bits per heavy atom. The van der Waals surface area contributed by atoms with Crippen molar-refractivity contribution in [3.05, 3.63) is 127 Å². The molecule has 2 N–H and O–H groups in total. The molecule has 0 atom stereocenters. The van der Waals surface area contributed by atoms with Crippen molar-refractivity contribution < 1.29 is 22.4 Å². The third-order valence-corrected chi connectivity index (χ3v) is 6.68. The molecule has 6 rings (SSSR count). The normalized spacial score (nSPS) is 12.9. The Hall–Kier alpha value is -3.78. The summed E-state index contributed by atoms with van der Waals surface area (Å²) in [5.74, 6) is 0.891. The summed E-state index contributed by atoms with van der Waals surface area (Å²) in [5.41, 5.74) is 7.35. The second kappa shape index (κ2) is 10.2. The van der Waals surface area contributed by atoms with E-state index in [-0.39, 0.29) is 17.0 Å². The number of hydrazine groups is 1. The average molecular weight is 540 g/mol. The molecule has 0 radical (unpaired) electrons. The highest BCUT2D eigenvalue weighted by Crippen LogP contribution is 2.41. The second-order valence-corrected chi connectivity index (χ2v) is 8.83. The van der Waals surface area contributed by atoms with E-state index in [0.29, 0.717) is 0 Å². The summed E-state index contributed by atoms with van der Waals surface area (Å²) >= 11 is 1.65. The number of anilines is 2. The van der Waals surface area contributed by atoms with Gasteiger partial charge in [0.15, 0.2) is 0 Å². The largest absolute Gasteiger partial charge is 1.00 e. The van der Waals surface area contributed by atoms with E-state index >= 15 is 0 Å². The van der Waals surface area contributed by atoms with Gasteiger partial charge in [-0.3, -0.25) is 0 Å². The lowest BCUT2D eigenvalue weighted by Gasteiger charge is -2.21. The first-order valence-electron chi connectivity index (χ1n) is 11.1. The van der Waals surface area contributed by atoms with Crippen molar-refractivity contribution in [3.63, 3.8) is 0 Å². The lowest BCUT2D eigenvalue weighted by molar-refractivity contribution is -0.545. The number of nitrogens with two attached hydrogens (primary N) is 1. The molecular weight excluding hydrogens is 518 g/mol. The van der Waals surface area contributed by atoms with E-state index in [0.717, 1.165) is 43.9 Å². The van der Waals surface area contributed by atoms with Gasteiger partial charge in [0.25, 0.3) is 5.84 Å². The van der Waals surface area contributed by atoms with Gasteiger partial charge in [0.1, 0.15) is 5.69 Å². The topological polar surface area (TPSA) is 48.3 Å². The van der Waals surface area contributed by atoms with Gasteiger partial charge in [-0.2, -0.15) is 5.43 Å². The standard InChI is InChI=1S/C28H21N5S.BrH/c1-5-13-21(14-6-1)25-26(22-15-7-2-8-16-22)34-28(29-25)33-31-27(23-17-9-3-10-18-23)30-32(33)24-19-11-4-12-20-24;/h1-20H,(H,30,31);1H. The molecule has 0 spiro atoms. The van der Waals surface area contributed by atoms with Gasteiger partial charge in [0, 0.05) is 5.56 Å². The summed E-state index contributed by atoms with van der Waals surface area (Å²) in [4.78, 5) is 6.24. The zero-order chi connectivity index (χ0) is 22.7. The predicted molar refractivity (Wildman–Crippen MR) is 139 cm³/mol. The van der Waals surface area contributed by atoms with E-state index in [1.54, 1.807) is 11.3 Å². The molecule has 4 aromatic carbocycles.